The molecule has 8 nitrogen and oxygen atoms in total. The standard InChI is InChI=1S/C18H18N4O4S3/c1-3-27-18-21-20-17(28-18)19-16(23)12-8-10-13(11-9-12)29(24,25)22-14-6-4-5-7-15(14)26-2/h4-11,22H,3H2,1-2H3,(H,19,20,23). The second-order valence-corrected chi connectivity index (χ2v) is 9.76. The van der Waals surface area contributed by atoms with Crippen LogP contribution in [0.15, 0.2) is 57.8 Å². The first-order chi connectivity index (χ1) is 13.9. The average molecular weight is 451 g/mol. The van der Waals surface area contributed by atoms with Crippen LogP contribution in [0.3, 0.4) is 0 Å². The molecule has 152 valence electrons. The van der Waals surface area contributed by atoms with E-state index in [1.807, 2.05) is 6.92 Å². The molecular formula is C18H18N4O4S3. The number of benzene rings is 2. The van der Waals surface area contributed by atoms with Crippen molar-refractivity contribution in [2.45, 2.75) is 16.2 Å². The van der Waals surface area contributed by atoms with E-state index in [4.69, 9.17) is 4.74 Å². The van der Waals surface area contributed by atoms with Gasteiger partial charge in [-0.2, -0.15) is 0 Å². The maximum Gasteiger partial charge on any atom is 0.262 e. The molecule has 1 amide bonds. The van der Waals surface area contributed by atoms with Crippen LogP contribution in [-0.4, -0.2) is 37.4 Å². The number of ether oxygens (including phenoxy) is 1. The lowest BCUT2D eigenvalue weighted by Crippen LogP contribution is -2.15. The van der Waals surface area contributed by atoms with Gasteiger partial charge in [-0.1, -0.05) is 42.2 Å². The van der Waals surface area contributed by atoms with Gasteiger partial charge in [0.2, 0.25) is 5.13 Å². The van der Waals surface area contributed by atoms with Crippen molar-refractivity contribution >= 4 is 49.8 Å². The lowest BCUT2D eigenvalue weighted by atomic mass is 10.2. The second kappa shape index (κ2) is 9.25. The number of sulfonamides is 1. The Hall–Kier alpha value is -2.63. The van der Waals surface area contributed by atoms with Crippen LogP contribution in [0.1, 0.15) is 17.3 Å². The molecule has 1 heterocycles. The number of amides is 1. The van der Waals surface area contributed by atoms with E-state index in [-0.39, 0.29) is 4.90 Å². The van der Waals surface area contributed by atoms with Crippen LogP contribution in [0.4, 0.5) is 10.8 Å². The van der Waals surface area contributed by atoms with Crippen LogP contribution in [0.5, 0.6) is 5.75 Å². The molecular weight excluding hydrogens is 432 g/mol. The predicted octanol–water partition coefficient (Wildman–Crippen LogP) is 3.71. The van der Waals surface area contributed by atoms with Gasteiger partial charge >= 0.3 is 0 Å². The number of thioether (sulfide) groups is 1. The number of rotatable bonds is 8. The number of methoxy groups -OCH3 is 1. The highest BCUT2D eigenvalue weighted by molar-refractivity contribution is 8.01. The van der Waals surface area contributed by atoms with Gasteiger partial charge in [-0.05, 0) is 42.2 Å². The molecule has 0 saturated carbocycles. The third kappa shape index (κ3) is 5.25. The number of nitrogens with zero attached hydrogens (tertiary/aromatic N) is 2. The zero-order chi connectivity index (χ0) is 20.9. The molecule has 0 radical (unpaired) electrons. The minimum atomic E-state index is -3.84. The third-order valence-corrected chi connectivity index (χ3v) is 6.91. The average Bonchev–Trinajstić information content (AvgIpc) is 3.15. The minimum Gasteiger partial charge on any atom is -0.495 e. The van der Waals surface area contributed by atoms with Crippen LogP contribution in [0.25, 0.3) is 0 Å². The van der Waals surface area contributed by atoms with Crippen LogP contribution >= 0.6 is 23.1 Å². The quantitative estimate of drug-likeness (QED) is 0.397. The summed E-state index contributed by atoms with van der Waals surface area (Å²) in [4.78, 5) is 12.4. The molecule has 0 spiro atoms. The molecule has 0 aliphatic rings. The summed E-state index contributed by atoms with van der Waals surface area (Å²) in [7, 11) is -2.37. The van der Waals surface area contributed by atoms with Crippen molar-refractivity contribution in [3.05, 3.63) is 54.1 Å². The largest absolute Gasteiger partial charge is 0.495 e. The molecule has 0 fully saturated rings. The van der Waals surface area contributed by atoms with Crippen molar-refractivity contribution in [3.8, 4) is 5.75 Å². The van der Waals surface area contributed by atoms with Crippen molar-refractivity contribution in [2.24, 2.45) is 0 Å². The molecule has 0 aliphatic heterocycles. The minimum absolute atomic E-state index is 0.0255. The summed E-state index contributed by atoms with van der Waals surface area (Å²) >= 11 is 2.82. The lowest BCUT2D eigenvalue weighted by molar-refractivity contribution is 0.102. The number of anilines is 2. The Morgan fingerprint density at radius 2 is 1.86 bits per heavy atom. The molecule has 2 N–H and O–H groups in total. The van der Waals surface area contributed by atoms with Crippen molar-refractivity contribution in [2.75, 3.05) is 22.9 Å². The maximum absolute atomic E-state index is 12.6. The van der Waals surface area contributed by atoms with Crippen LogP contribution in [-0.2, 0) is 10.0 Å². The Morgan fingerprint density at radius 3 is 2.55 bits per heavy atom. The van der Waals surface area contributed by atoms with Gasteiger partial charge in [-0.3, -0.25) is 14.8 Å². The van der Waals surface area contributed by atoms with Gasteiger partial charge in [0, 0.05) is 5.56 Å². The topological polar surface area (TPSA) is 110 Å². The summed E-state index contributed by atoms with van der Waals surface area (Å²) in [6.45, 7) is 2.00. The number of nitrogens with one attached hydrogen (secondary N) is 2. The summed E-state index contributed by atoms with van der Waals surface area (Å²) in [5.41, 5.74) is 0.634. The number of carbonyl (C=O) groups is 1. The van der Waals surface area contributed by atoms with Crippen LogP contribution in [0, 0.1) is 0 Å². The van der Waals surface area contributed by atoms with Crippen molar-refractivity contribution in [3.63, 3.8) is 0 Å². The Labute approximate surface area is 176 Å². The summed E-state index contributed by atoms with van der Waals surface area (Å²) in [5.74, 6) is 0.877. The number of para-hydroxylation sites is 2. The Kier molecular flexibility index (Phi) is 6.72. The van der Waals surface area contributed by atoms with Gasteiger partial charge in [0.25, 0.3) is 15.9 Å². The normalized spacial score (nSPS) is 11.1. The molecule has 0 atom stereocenters. The zero-order valence-electron chi connectivity index (χ0n) is 15.6. The van der Waals surface area contributed by atoms with Gasteiger partial charge in [0.1, 0.15) is 5.75 Å². The number of hydrogen-bond donors (Lipinski definition) is 2. The molecule has 0 aliphatic carbocycles. The highest BCUT2D eigenvalue weighted by Crippen LogP contribution is 2.27. The molecule has 0 unspecified atom stereocenters. The fraction of sp³-hybridized carbons (Fsp3) is 0.167. The highest BCUT2D eigenvalue weighted by atomic mass is 32.2. The molecule has 11 heteroatoms. The second-order valence-electron chi connectivity index (χ2n) is 5.59. The maximum atomic E-state index is 12.6. The van der Waals surface area contributed by atoms with Gasteiger partial charge < -0.3 is 4.74 Å². The van der Waals surface area contributed by atoms with Gasteiger partial charge in [-0.25, -0.2) is 8.42 Å². The van der Waals surface area contributed by atoms with Crippen LogP contribution in [0.2, 0.25) is 0 Å². The number of aromatic nitrogens is 2. The summed E-state index contributed by atoms with van der Waals surface area (Å²) in [6.07, 6.45) is 0. The van der Waals surface area contributed by atoms with Crippen LogP contribution < -0.4 is 14.8 Å². The summed E-state index contributed by atoms with van der Waals surface area (Å²) < 4.78 is 33.7. The zero-order valence-corrected chi connectivity index (χ0v) is 18.0. The molecule has 2 aromatic carbocycles. The number of carbonyl (C=O) groups excluding carboxylic acids is 1. The third-order valence-electron chi connectivity index (χ3n) is 3.67. The van der Waals surface area contributed by atoms with E-state index in [2.05, 4.69) is 20.2 Å². The first-order valence-electron chi connectivity index (χ1n) is 8.46. The van der Waals surface area contributed by atoms with Gasteiger partial charge in [0.15, 0.2) is 4.34 Å². The van der Waals surface area contributed by atoms with Crippen molar-refractivity contribution in [1.82, 2.24) is 10.2 Å². The monoisotopic (exact) mass is 450 g/mol. The van der Waals surface area contributed by atoms with Gasteiger partial charge in [0.05, 0.1) is 17.7 Å². The highest BCUT2D eigenvalue weighted by Gasteiger charge is 2.17. The van der Waals surface area contributed by atoms with E-state index >= 15 is 0 Å². The van der Waals surface area contributed by atoms with Crippen molar-refractivity contribution < 1.29 is 17.9 Å². The molecule has 0 saturated heterocycles. The van der Waals surface area contributed by atoms with E-state index in [0.29, 0.717) is 22.1 Å². The summed E-state index contributed by atoms with van der Waals surface area (Å²) in [5, 5.41) is 10.9. The molecule has 3 rings (SSSR count). The van der Waals surface area contributed by atoms with Crippen molar-refractivity contribution in [1.29, 1.82) is 0 Å². The summed E-state index contributed by atoms with van der Waals surface area (Å²) in [6, 6.07) is 12.3. The molecule has 1 aromatic heterocycles. The van der Waals surface area contributed by atoms with E-state index in [1.54, 1.807) is 24.3 Å². The fourth-order valence-corrected chi connectivity index (χ4v) is 5.04. The smallest absolute Gasteiger partial charge is 0.262 e. The Morgan fingerprint density at radius 1 is 1.14 bits per heavy atom. The first-order valence-corrected chi connectivity index (χ1v) is 11.7. The predicted molar refractivity (Wildman–Crippen MR) is 115 cm³/mol. The molecule has 29 heavy (non-hydrogen) atoms. The van der Waals surface area contributed by atoms with E-state index in [9.17, 15) is 13.2 Å². The lowest BCUT2D eigenvalue weighted by Gasteiger charge is -2.11. The Bertz CT molecular complexity index is 1100. The van der Waals surface area contributed by atoms with Gasteiger partial charge in [-0.15, -0.1) is 10.2 Å². The molecule has 3 aromatic rings. The van der Waals surface area contributed by atoms with E-state index in [1.165, 1.54) is 54.5 Å². The first kappa shape index (κ1) is 21.1. The Balaban J connectivity index is 1.72. The number of hydrogen-bond acceptors (Lipinski definition) is 8. The fourth-order valence-electron chi connectivity index (χ4n) is 2.33. The molecule has 0 bridgehead atoms. The van der Waals surface area contributed by atoms with E-state index < -0.39 is 15.9 Å². The SMILES string of the molecule is CCSc1nnc(NC(=O)c2ccc(S(=O)(=O)Nc3ccccc3OC)cc2)s1. The van der Waals surface area contributed by atoms with E-state index in [0.717, 1.165) is 10.1 Å².